The molecule has 0 bridgehead atoms. The second-order valence-corrected chi connectivity index (χ2v) is 8.09. The van der Waals surface area contributed by atoms with E-state index in [0.717, 1.165) is 24.5 Å². The van der Waals surface area contributed by atoms with E-state index in [4.69, 9.17) is 10.2 Å². The first kappa shape index (κ1) is 12.5. The van der Waals surface area contributed by atoms with Gasteiger partial charge in [-0.1, -0.05) is 0 Å². The molecule has 5 heteroatoms. The number of hydrogen-bond acceptors (Lipinski definition) is 2. The number of anilines is 2. The third kappa shape index (κ3) is 2.45. The van der Waals surface area contributed by atoms with Gasteiger partial charge in [0.15, 0.2) is 0 Å². The first-order chi connectivity index (χ1) is 9.25. The van der Waals surface area contributed by atoms with Crippen molar-refractivity contribution in [1.29, 1.82) is 0 Å². The zero-order valence-corrected chi connectivity index (χ0v) is 13.3. The van der Waals surface area contributed by atoms with E-state index in [1.54, 1.807) is 0 Å². The molecule has 4 nitrogen and oxygen atoms in total. The summed E-state index contributed by atoms with van der Waals surface area (Å²) in [5.74, 6) is 1.20. The molecule has 0 atom stereocenters. The second-order valence-electron chi connectivity index (χ2n) is 4.44. The average molecular weight is 363 g/mol. The zero-order valence-electron chi connectivity index (χ0n) is 10.4. The third-order valence-electron chi connectivity index (χ3n) is 3.18. The van der Waals surface area contributed by atoms with Crippen LogP contribution in [0.4, 0.5) is 11.4 Å². The Morgan fingerprint density at radius 1 is 0.737 bits per heavy atom. The summed E-state index contributed by atoms with van der Waals surface area (Å²) < 4.78 is 4.72. The molecule has 2 aromatic rings. The summed E-state index contributed by atoms with van der Waals surface area (Å²) in [5, 5.41) is 16.0. The van der Waals surface area contributed by atoms with E-state index >= 15 is 0 Å². The summed E-state index contributed by atoms with van der Waals surface area (Å²) in [6, 6.07) is 15.5. The predicted octanol–water partition coefficient (Wildman–Crippen LogP) is 1.42. The molecule has 19 heavy (non-hydrogen) atoms. The van der Waals surface area contributed by atoms with Crippen LogP contribution in [0, 0.1) is 0 Å². The molecule has 1 fully saturated rings. The average Bonchev–Trinajstić information content (AvgIpc) is 2.89. The van der Waals surface area contributed by atoms with Crippen molar-refractivity contribution < 1.29 is 10.2 Å². The van der Waals surface area contributed by atoms with Gasteiger partial charge in [-0.2, -0.15) is 0 Å². The van der Waals surface area contributed by atoms with Crippen molar-refractivity contribution >= 4 is 33.1 Å². The Hall–Kier alpha value is -1.56. The number of para-hydroxylation sites is 4. The van der Waals surface area contributed by atoms with Crippen LogP contribution in [0.3, 0.4) is 0 Å². The molecule has 0 saturated carbocycles. The minimum atomic E-state index is -0.951. The number of hydrogen-bond donors (Lipinski definition) is 0. The molecule has 2 aromatic carbocycles. The van der Waals surface area contributed by atoms with E-state index in [1.807, 2.05) is 48.5 Å². The Labute approximate surface area is 122 Å². The van der Waals surface area contributed by atoms with E-state index in [-0.39, 0.29) is 0 Å². The fourth-order valence-electron chi connectivity index (χ4n) is 2.21. The van der Waals surface area contributed by atoms with Crippen molar-refractivity contribution in [2.24, 2.45) is 0 Å². The molecule has 2 radical (unpaired) electrons. The SMILES string of the molecule is [OH2+]c1ccccc1[N]1CC[N](c2ccccc2[OH2+])[Sn]1. The first-order valence-corrected chi connectivity index (χ1v) is 8.73. The van der Waals surface area contributed by atoms with Crippen LogP contribution in [-0.2, 0) is 0 Å². The Balaban J connectivity index is 1.82. The van der Waals surface area contributed by atoms with Gasteiger partial charge in [0.05, 0.1) is 0 Å². The zero-order chi connectivity index (χ0) is 13.2. The quantitative estimate of drug-likeness (QED) is 0.599. The van der Waals surface area contributed by atoms with Gasteiger partial charge in [-0.3, -0.25) is 0 Å². The predicted molar refractivity (Wildman–Crippen MR) is 79.4 cm³/mol. The van der Waals surface area contributed by atoms with Crippen molar-refractivity contribution in [1.82, 2.24) is 0 Å². The molecule has 96 valence electrons. The van der Waals surface area contributed by atoms with Gasteiger partial charge in [0, 0.05) is 0 Å². The van der Waals surface area contributed by atoms with Crippen molar-refractivity contribution in [3.05, 3.63) is 48.5 Å². The Morgan fingerprint density at radius 3 is 1.58 bits per heavy atom. The molecule has 1 aliphatic rings. The molecule has 0 amide bonds. The van der Waals surface area contributed by atoms with Crippen LogP contribution in [0.1, 0.15) is 0 Å². The molecular formula is C14H16N2O2Sn+2. The summed E-state index contributed by atoms with van der Waals surface area (Å²) in [5.41, 5.74) is 2.08. The van der Waals surface area contributed by atoms with Crippen LogP contribution in [0.25, 0.3) is 0 Å². The third-order valence-corrected chi connectivity index (χ3v) is 7.21. The van der Waals surface area contributed by atoms with E-state index in [9.17, 15) is 0 Å². The Morgan fingerprint density at radius 2 is 1.16 bits per heavy atom. The van der Waals surface area contributed by atoms with E-state index in [1.165, 1.54) is 0 Å². The van der Waals surface area contributed by atoms with Crippen LogP contribution in [0.5, 0.6) is 11.5 Å². The summed E-state index contributed by atoms with van der Waals surface area (Å²) >= 11 is -0.951. The maximum atomic E-state index is 7.98. The molecule has 0 aliphatic carbocycles. The van der Waals surface area contributed by atoms with Gasteiger partial charge in [-0.25, -0.2) is 0 Å². The monoisotopic (exact) mass is 364 g/mol. The number of nitrogens with zero attached hydrogens (tertiary/aromatic N) is 2. The molecule has 3 rings (SSSR count). The number of benzene rings is 2. The summed E-state index contributed by atoms with van der Waals surface area (Å²) in [6.07, 6.45) is 0. The molecule has 0 unspecified atom stereocenters. The van der Waals surface area contributed by atoms with Crippen LogP contribution >= 0.6 is 0 Å². The van der Waals surface area contributed by atoms with Crippen LogP contribution in [0.2, 0.25) is 0 Å². The van der Waals surface area contributed by atoms with E-state index in [2.05, 4.69) is 6.24 Å². The molecule has 1 saturated heterocycles. The van der Waals surface area contributed by atoms with Crippen LogP contribution < -0.4 is 6.24 Å². The van der Waals surface area contributed by atoms with Crippen LogP contribution in [0.15, 0.2) is 48.5 Å². The fraction of sp³-hybridized carbons (Fsp3) is 0.143. The van der Waals surface area contributed by atoms with Gasteiger partial charge in [-0.05, 0) is 0 Å². The Bertz CT molecular complexity index is 540. The topological polar surface area (TPSA) is 52.3 Å². The molecule has 0 aromatic heterocycles. The van der Waals surface area contributed by atoms with Crippen molar-refractivity contribution in [3.8, 4) is 11.5 Å². The molecular weight excluding hydrogens is 347 g/mol. The number of rotatable bonds is 2. The molecule has 1 aliphatic heterocycles. The summed E-state index contributed by atoms with van der Waals surface area (Å²) in [6.45, 7) is 1.94. The fourth-order valence-corrected chi connectivity index (χ4v) is 5.91. The maximum absolute atomic E-state index is 7.98. The van der Waals surface area contributed by atoms with Crippen molar-refractivity contribution in [2.75, 3.05) is 19.3 Å². The van der Waals surface area contributed by atoms with Gasteiger partial charge in [-0.15, -0.1) is 0 Å². The minimum absolute atomic E-state index is 0.601. The van der Waals surface area contributed by atoms with Gasteiger partial charge < -0.3 is 0 Å². The molecule has 1 heterocycles. The van der Waals surface area contributed by atoms with Gasteiger partial charge in [0.2, 0.25) is 0 Å². The van der Waals surface area contributed by atoms with Gasteiger partial charge in [0.1, 0.15) is 0 Å². The summed E-state index contributed by atoms with van der Waals surface area (Å²) in [7, 11) is 0. The first-order valence-electron chi connectivity index (χ1n) is 6.18. The molecule has 0 spiro atoms. The second kappa shape index (κ2) is 5.20. The standard InChI is InChI=1S/C14H14N2O2.Sn/c17-13-7-3-1-5-11(13)15-9-10-16-12-6-2-4-8-14(12)18;/h1-8,17-18H,9-10H2;/q-2;+2/p+2. The normalized spacial score (nSPS) is 14.9. The van der Waals surface area contributed by atoms with Crippen LogP contribution in [-0.4, -0.2) is 45.0 Å². The van der Waals surface area contributed by atoms with Gasteiger partial charge in [0.25, 0.3) is 0 Å². The van der Waals surface area contributed by atoms with E-state index in [0.29, 0.717) is 11.5 Å². The van der Waals surface area contributed by atoms with Crippen molar-refractivity contribution in [2.45, 2.75) is 0 Å². The molecule has 4 N–H and O–H groups in total. The summed E-state index contributed by atoms with van der Waals surface area (Å²) in [4.78, 5) is 0. The van der Waals surface area contributed by atoms with Crippen molar-refractivity contribution in [3.63, 3.8) is 0 Å². The Kier molecular flexibility index (Phi) is 3.42. The van der Waals surface area contributed by atoms with Gasteiger partial charge >= 0.3 is 123 Å². The van der Waals surface area contributed by atoms with E-state index < -0.39 is 21.7 Å².